The Bertz CT molecular complexity index is 411. The van der Waals surface area contributed by atoms with Gasteiger partial charge in [0.1, 0.15) is 0 Å². The van der Waals surface area contributed by atoms with Crippen molar-refractivity contribution in [2.45, 2.75) is 39.8 Å². The van der Waals surface area contributed by atoms with Crippen LogP contribution in [0, 0.1) is 13.8 Å². The number of thioether (sulfide) groups is 1. The van der Waals surface area contributed by atoms with Crippen LogP contribution in [0.15, 0.2) is 11.1 Å². The SMILES string of the molecule is Cc1cc(C)n(CCCN=C2NC(C)CS2)n1. The van der Waals surface area contributed by atoms with Gasteiger partial charge in [-0.15, -0.1) is 0 Å². The van der Waals surface area contributed by atoms with E-state index in [0.29, 0.717) is 6.04 Å². The number of hydrogen-bond donors (Lipinski definition) is 1. The molecule has 0 spiro atoms. The second kappa shape index (κ2) is 5.58. The summed E-state index contributed by atoms with van der Waals surface area (Å²) in [5, 5.41) is 8.90. The van der Waals surface area contributed by atoms with Gasteiger partial charge >= 0.3 is 0 Å². The van der Waals surface area contributed by atoms with Crippen LogP contribution in [0.5, 0.6) is 0 Å². The molecule has 0 amide bonds. The van der Waals surface area contributed by atoms with Gasteiger partial charge in [0.2, 0.25) is 0 Å². The minimum absolute atomic E-state index is 0.565. The van der Waals surface area contributed by atoms with E-state index < -0.39 is 0 Å². The largest absolute Gasteiger partial charge is 0.362 e. The lowest BCUT2D eigenvalue weighted by Crippen LogP contribution is -2.23. The molecule has 2 rings (SSSR count). The molecule has 2 heterocycles. The highest BCUT2D eigenvalue weighted by Crippen LogP contribution is 2.13. The second-order valence-corrected chi connectivity index (χ2v) is 5.56. The molecule has 1 aliphatic heterocycles. The van der Waals surface area contributed by atoms with Gasteiger partial charge in [-0.1, -0.05) is 11.8 Å². The molecule has 1 aliphatic rings. The average Bonchev–Trinajstić information content (AvgIpc) is 2.81. The molecular weight excluding hydrogens is 232 g/mol. The molecule has 1 N–H and O–H groups in total. The molecule has 0 aliphatic carbocycles. The summed E-state index contributed by atoms with van der Waals surface area (Å²) in [6, 6.07) is 2.68. The van der Waals surface area contributed by atoms with Crippen LogP contribution in [0.2, 0.25) is 0 Å². The lowest BCUT2D eigenvalue weighted by Gasteiger charge is -2.03. The monoisotopic (exact) mass is 252 g/mol. The van der Waals surface area contributed by atoms with E-state index >= 15 is 0 Å². The van der Waals surface area contributed by atoms with E-state index in [1.165, 1.54) is 5.69 Å². The fourth-order valence-electron chi connectivity index (χ4n) is 1.89. The van der Waals surface area contributed by atoms with Crippen molar-refractivity contribution in [3.8, 4) is 0 Å². The first-order valence-corrected chi connectivity index (χ1v) is 7.08. The zero-order valence-corrected chi connectivity index (χ0v) is 11.5. The van der Waals surface area contributed by atoms with Crippen molar-refractivity contribution in [2.24, 2.45) is 4.99 Å². The van der Waals surface area contributed by atoms with Gasteiger partial charge in [-0.2, -0.15) is 5.10 Å². The summed E-state index contributed by atoms with van der Waals surface area (Å²) in [5.41, 5.74) is 2.33. The number of amidine groups is 1. The number of aliphatic imine (C=N–C) groups is 1. The first-order chi connectivity index (χ1) is 8.15. The number of hydrogen-bond acceptors (Lipinski definition) is 3. The molecule has 17 heavy (non-hydrogen) atoms. The smallest absolute Gasteiger partial charge is 0.156 e. The third-order valence-corrected chi connectivity index (χ3v) is 3.91. The van der Waals surface area contributed by atoms with Crippen molar-refractivity contribution in [3.63, 3.8) is 0 Å². The molecule has 0 saturated carbocycles. The molecule has 1 aromatic rings. The summed E-state index contributed by atoms with van der Waals surface area (Å²) in [5.74, 6) is 1.14. The molecule has 1 fully saturated rings. The minimum atomic E-state index is 0.565. The molecule has 94 valence electrons. The molecular formula is C12H20N4S. The predicted octanol–water partition coefficient (Wildman–Crippen LogP) is 1.97. The van der Waals surface area contributed by atoms with Crippen molar-refractivity contribution < 1.29 is 0 Å². The molecule has 1 unspecified atom stereocenters. The van der Waals surface area contributed by atoms with Gasteiger partial charge in [0.25, 0.3) is 0 Å². The normalized spacial score (nSPS) is 22.1. The second-order valence-electron chi connectivity index (χ2n) is 4.55. The number of nitrogens with zero attached hydrogens (tertiary/aromatic N) is 3. The number of aryl methyl sites for hydroxylation is 3. The van der Waals surface area contributed by atoms with Gasteiger partial charge < -0.3 is 5.32 Å². The quantitative estimate of drug-likeness (QED) is 0.833. The summed E-state index contributed by atoms with van der Waals surface area (Å²) < 4.78 is 2.06. The highest BCUT2D eigenvalue weighted by atomic mass is 32.2. The maximum Gasteiger partial charge on any atom is 0.156 e. The third kappa shape index (κ3) is 3.49. The average molecular weight is 252 g/mol. The Morgan fingerprint density at radius 2 is 2.41 bits per heavy atom. The summed E-state index contributed by atoms with van der Waals surface area (Å²) in [7, 11) is 0. The Morgan fingerprint density at radius 3 is 3.00 bits per heavy atom. The fraction of sp³-hybridized carbons (Fsp3) is 0.667. The van der Waals surface area contributed by atoms with Gasteiger partial charge in [0, 0.05) is 30.6 Å². The van der Waals surface area contributed by atoms with Crippen LogP contribution >= 0.6 is 11.8 Å². The van der Waals surface area contributed by atoms with Crippen molar-refractivity contribution in [1.29, 1.82) is 0 Å². The van der Waals surface area contributed by atoms with Crippen molar-refractivity contribution in [3.05, 3.63) is 17.5 Å². The Hall–Kier alpha value is -0.970. The van der Waals surface area contributed by atoms with Crippen LogP contribution in [0.4, 0.5) is 0 Å². The molecule has 1 saturated heterocycles. The van der Waals surface area contributed by atoms with Crippen LogP contribution in [-0.4, -0.2) is 33.3 Å². The molecule has 5 heteroatoms. The first-order valence-electron chi connectivity index (χ1n) is 6.10. The number of rotatable bonds is 4. The summed E-state index contributed by atoms with van der Waals surface area (Å²) in [4.78, 5) is 4.55. The Balaban J connectivity index is 1.75. The van der Waals surface area contributed by atoms with Crippen LogP contribution < -0.4 is 5.32 Å². The Morgan fingerprint density at radius 1 is 1.59 bits per heavy atom. The summed E-state index contributed by atoms with van der Waals surface area (Å²) in [6.07, 6.45) is 1.04. The molecule has 0 aromatic carbocycles. The lowest BCUT2D eigenvalue weighted by molar-refractivity contribution is 0.568. The Labute approximate surface area is 107 Å². The summed E-state index contributed by atoms with van der Waals surface area (Å²) >= 11 is 1.82. The van der Waals surface area contributed by atoms with Gasteiger partial charge in [-0.25, -0.2) is 0 Å². The van der Waals surface area contributed by atoms with E-state index in [0.717, 1.165) is 36.1 Å². The molecule has 0 bridgehead atoms. The van der Waals surface area contributed by atoms with E-state index in [4.69, 9.17) is 0 Å². The van der Waals surface area contributed by atoms with Gasteiger partial charge in [-0.3, -0.25) is 9.67 Å². The molecule has 4 nitrogen and oxygen atoms in total. The van der Waals surface area contributed by atoms with Crippen LogP contribution in [0.3, 0.4) is 0 Å². The maximum absolute atomic E-state index is 4.55. The van der Waals surface area contributed by atoms with E-state index in [1.54, 1.807) is 0 Å². The minimum Gasteiger partial charge on any atom is -0.362 e. The fourth-order valence-corrected chi connectivity index (χ4v) is 2.85. The molecule has 1 aromatic heterocycles. The van der Waals surface area contributed by atoms with Crippen molar-refractivity contribution >= 4 is 16.9 Å². The zero-order valence-electron chi connectivity index (χ0n) is 10.7. The standard InChI is InChI=1S/C12H20N4S/c1-9-7-11(3)16(15-9)6-4-5-13-12-14-10(2)8-17-12/h7,10H,4-6,8H2,1-3H3,(H,13,14). The van der Waals surface area contributed by atoms with E-state index in [9.17, 15) is 0 Å². The van der Waals surface area contributed by atoms with Gasteiger partial charge in [-0.05, 0) is 33.3 Å². The van der Waals surface area contributed by atoms with E-state index in [-0.39, 0.29) is 0 Å². The lowest BCUT2D eigenvalue weighted by atomic mass is 10.4. The van der Waals surface area contributed by atoms with Gasteiger partial charge in [0.05, 0.1) is 5.69 Å². The Kier molecular flexibility index (Phi) is 4.10. The van der Waals surface area contributed by atoms with Crippen LogP contribution in [-0.2, 0) is 6.54 Å². The predicted molar refractivity (Wildman–Crippen MR) is 73.7 cm³/mol. The highest BCUT2D eigenvalue weighted by molar-refractivity contribution is 8.14. The zero-order chi connectivity index (χ0) is 12.3. The number of aromatic nitrogens is 2. The van der Waals surface area contributed by atoms with Crippen molar-refractivity contribution in [1.82, 2.24) is 15.1 Å². The van der Waals surface area contributed by atoms with E-state index in [2.05, 4.69) is 40.0 Å². The van der Waals surface area contributed by atoms with E-state index in [1.807, 2.05) is 18.7 Å². The highest BCUT2D eigenvalue weighted by Gasteiger charge is 2.14. The molecule has 0 radical (unpaired) electrons. The first kappa shape index (κ1) is 12.5. The maximum atomic E-state index is 4.55. The molecule has 1 atom stereocenters. The number of nitrogens with one attached hydrogen (secondary N) is 1. The van der Waals surface area contributed by atoms with Crippen molar-refractivity contribution in [2.75, 3.05) is 12.3 Å². The summed E-state index contributed by atoms with van der Waals surface area (Å²) in [6.45, 7) is 8.15. The topological polar surface area (TPSA) is 42.2 Å². The van der Waals surface area contributed by atoms with Crippen LogP contribution in [0.25, 0.3) is 0 Å². The third-order valence-electron chi connectivity index (χ3n) is 2.73. The van der Waals surface area contributed by atoms with Crippen LogP contribution in [0.1, 0.15) is 24.7 Å². The van der Waals surface area contributed by atoms with Gasteiger partial charge in [0.15, 0.2) is 5.17 Å².